The highest BCUT2D eigenvalue weighted by molar-refractivity contribution is 6.20. The van der Waals surface area contributed by atoms with Crippen LogP contribution in [0.25, 0.3) is 0 Å². The Morgan fingerprint density at radius 3 is 3.00 bits per heavy atom. The monoisotopic (exact) mass is 228 g/mol. The van der Waals surface area contributed by atoms with Crippen molar-refractivity contribution < 1.29 is 0 Å². The Balaban J connectivity index is 1.74. The molecule has 1 aliphatic rings. The number of hydrogen-bond acceptors (Lipinski definition) is 3. The van der Waals surface area contributed by atoms with Crippen LogP contribution in [0.5, 0.6) is 0 Å². The van der Waals surface area contributed by atoms with E-state index in [0.29, 0.717) is 5.38 Å². The molecule has 1 unspecified atom stereocenters. The van der Waals surface area contributed by atoms with Crippen LogP contribution in [0, 0.1) is 0 Å². The average molecular weight is 229 g/mol. The summed E-state index contributed by atoms with van der Waals surface area (Å²) in [6.45, 7) is 4.25. The fourth-order valence-corrected chi connectivity index (χ4v) is 2.18. The van der Waals surface area contributed by atoms with Crippen molar-refractivity contribution in [1.29, 1.82) is 0 Å². The van der Waals surface area contributed by atoms with Gasteiger partial charge in [0.05, 0.1) is 6.54 Å². The molecule has 1 aromatic heterocycles. The van der Waals surface area contributed by atoms with Crippen LogP contribution in [0.15, 0.2) is 12.7 Å². The Morgan fingerprint density at radius 1 is 1.27 bits per heavy atom. The zero-order valence-corrected chi connectivity index (χ0v) is 9.60. The van der Waals surface area contributed by atoms with Gasteiger partial charge in [-0.2, -0.15) is 5.10 Å². The minimum atomic E-state index is 0.376. The Kier molecular flexibility index (Phi) is 3.97. The van der Waals surface area contributed by atoms with Gasteiger partial charge in [0.2, 0.25) is 0 Å². The molecule has 1 fully saturated rings. The molecule has 1 atom stereocenters. The second-order valence-corrected chi connectivity index (χ2v) is 4.65. The molecular weight excluding hydrogens is 212 g/mol. The number of likely N-dealkylation sites (tertiary alicyclic amines) is 1. The van der Waals surface area contributed by atoms with Gasteiger partial charge < -0.3 is 4.90 Å². The van der Waals surface area contributed by atoms with Crippen molar-refractivity contribution >= 4 is 11.6 Å². The summed E-state index contributed by atoms with van der Waals surface area (Å²) in [4.78, 5) is 6.39. The maximum atomic E-state index is 6.13. The normalized spacial score (nSPS) is 23.9. The Labute approximate surface area is 95.2 Å². The zero-order chi connectivity index (χ0) is 10.5. The van der Waals surface area contributed by atoms with Crippen LogP contribution in [0.3, 0.4) is 0 Å². The van der Waals surface area contributed by atoms with Crippen LogP contribution in [-0.2, 0) is 6.54 Å². The van der Waals surface area contributed by atoms with Gasteiger partial charge in [0.1, 0.15) is 12.7 Å². The zero-order valence-electron chi connectivity index (χ0n) is 8.85. The summed E-state index contributed by atoms with van der Waals surface area (Å²) in [5.41, 5.74) is 0. The maximum Gasteiger partial charge on any atom is 0.137 e. The van der Waals surface area contributed by atoms with E-state index in [1.807, 2.05) is 4.68 Å². The highest BCUT2D eigenvalue weighted by Crippen LogP contribution is 2.15. The third-order valence-electron chi connectivity index (χ3n) is 2.86. The number of hydrogen-bond donors (Lipinski definition) is 0. The first-order valence-corrected chi connectivity index (χ1v) is 5.97. The fourth-order valence-electron chi connectivity index (χ4n) is 1.93. The number of aromatic nitrogens is 3. The minimum Gasteiger partial charge on any atom is -0.301 e. The van der Waals surface area contributed by atoms with E-state index >= 15 is 0 Å². The summed E-state index contributed by atoms with van der Waals surface area (Å²) in [5, 5.41) is 4.47. The molecule has 0 bridgehead atoms. The first kappa shape index (κ1) is 10.9. The lowest BCUT2D eigenvalue weighted by atomic mass is 10.2. The van der Waals surface area contributed by atoms with Gasteiger partial charge in [0, 0.05) is 11.9 Å². The first-order valence-electron chi connectivity index (χ1n) is 5.53. The largest absolute Gasteiger partial charge is 0.301 e. The summed E-state index contributed by atoms with van der Waals surface area (Å²) in [6.07, 6.45) is 6.82. The van der Waals surface area contributed by atoms with Crippen LogP contribution in [-0.4, -0.2) is 44.7 Å². The van der Waals surface area contributed by atoms with Crippen LogP contribution < -0.4 is 0 Å². The van der Waals surface area contributed by atoms with E-state index in [9.17, 15) is 0 Å². The van der Waals surface area contributed by atoms with Gasteiger partial charge in [0.15, 0.2) is 0 Å². The Morgan fingerprint density at radius 2 is 2.20 bits per heavy atom. The van der Waals surface area contributed by atoms with E-state index in [4.69, 9.17) is 11.6 Å². The van der Waals surface area contributed by atoms with Crippen molar-refractivity contribution in [3.8, 4) is 0 Å². The van der Waals surface area contributed by atoms with Gasteiger partial charge in [0.25, 0.3) is 0 Å². The summed E-state index contributed by atoms with van der Waals surface area (Å²) in [5.74, 6) is 0. The summed E-state index contributed by atoms with van der Waals surface area (Å²) >= 11 is 6.13. The van der Waals surface area contributed by atoms with E-state index in [1.165, 1.54) is 6.42 Å². The van der Waals surface area contributed by atoms with Crippen LogP contribution in [0.4, 0.5) is 0 Å². The van der Waals surface area contributed by atoms with Gasteiger partial charge >= 0.3 is 0 Å². The van der Waals surface area contributed by atoms with Crippen LogP contribution >= 0.6 is 11.6 Å². The molecule has 4 nitrogen and oxygen atoms in total. The summed E-state index contributed by atoms with van der Waals surface area (Å²) in [7, 11) is 0. The number of nitrogens with zero attached hydrogens (tertiary/aromatic N) is 4. The molecule has 0 radical (unpaired) electrons. The van der Waals surface area contributed by atoms with Gasteiger partial charge in [-0.05, 0) is 32.4 Å². The number of rotatable bonds is 3. The quantitative estimate of drug-likeness (QED) is 0.733. The summed E-state index contributed by atoms with van der Waals surface area (Å²) < 4.78 is 1.88. The highest BCUT2D eigenvalue weighted by atomic mass is 35.5. The van der Waals surface area contributed by atoms with Gasteiger partial charge in [-0.25, -0.2) is 4.98 Å². The maximum absolute atomic E-state index is 6.13. The van der Waals surface area contributed by atoms with E-state index < -0.39 is 0 Å². The fraction of sp³-hybridized carbons (Fsp3) is 0.800. The van der Waals surface area contributed by atoms with Crippen molar-refractivity contribution in [2.75, 3.05) is 19.6 Å². The van der Waals surface area contributed by atoms with Gasteiger partial charge in [-0.15, -0.1) is 11.6 Å². The van der Waals surface area contributed by atoms with Crippen molar-refractivity contribution in [3.63, 3.8) is 0 Å². The SMILES string of the molecule is ClC1CCCN(CCn2cncn2)CC1. The van der Waals surface area contributed by atoms with E-state index in [-0.39, 0.29) is 0 Å². The third-order valence-corrected chi connectivity index (χ3v) is 3.30. The minimum absolute atomic E-state index is 0.376. The van der Waals surface area contributed by atoms with Gasteiger partial charge in [-0.3, -0.25) is 4.68 Å². The standard InChI is InChI=1S/C10H17ClN4/c11-10-2-1-4-14(5-3-10)6-7-15-9-12-8-13-15/h8-10H,1-7H2. The predicted octanol–water partition coefficient (Wildman–Crippen LogP) is 1.37. The molecule has 0 spiro atoms. The smallest absolute Gasteiger partial charge is 0.137 e. The van der Waals surface area contributed by atoms with Crippen molar-refractivity contribution in [1.82, 2.24) is 19.7 Å². The Hall–Kier alpha value is -0.610. The molecule has 0 N–H and O–H groups in total. The second-order valence-electron chi connectivity index (χ2n) is 4.03. The van der Waals surface area contributed by atoms with Crippen molar-refractivity contribution in [2.45, 2.75) is 31.2 Å². The molecule has 2 rings (SSSR count). The first-order chi connectivity index (χ1) is 7.34. The van der Waals surface area contributed by atoms with Crippen LogP contribution in [0.1, 0.15) is 19.3 Å². The molecule has 0 amide bonds. The molecule has 15 heavy (non-hydrogen) atoms. The van der Waals surface area contributed by atoms with Gasteiger partial charge in [-0.1, -0.05) is 0 Å². The molecule has 1 aromatic rings. The molecule has 1 saturated heterocycles. The van der Waals surface area contributed by atoms with Crippen molar-refractivity contribution in [2.24, 2.45) is 0 Å². The summed E-state index contributed by atoms with van der Waals surface area (Å²) in [6, 6.07) is 0. The number of alkyl halides is 1. The predicted molar refractivity (Wildman–Crippen MR) is 60.0 cm³/mol. The Bertz CT molecular complexity index is 275. The van der Waals surface area contributed by atoms with E-state index in [0.717, 1.165) is 39.0 Å². The van der Waals surface area contributed by atoms with E-state index in [2.05, 4.69) is 15.0 Å². The molecule has 0 saturated carbocycles. The topological polar surface area (TPSA) is 34.0 Å². The highest BCUT2D eigenvalue weighted by Gasteiger charge is 2.14. The molecule has 0 aromatic carbocycles. The lowest BCUT2D eigenvalue weighted by Gasteiger charge is -2.19. The molecular formula is C10H17ClN4. The lowest BCUT2D eigenvalue weighted by molar-refractivity contribution is 0.268. The molecule has 84 valence electrons. The second kappa shape index (κ2) is 5.47. The lowest BCUT2D eigenvalue weighted by Crippen LogP contribution is -2.28. The third kappa shape index (κ3) is 3.47. The molecule has 5 heteroatoms. The average Bonchev–Trinajstić information content (AvgIpc) is 2.66. The van der Waals surface area contributed by atoms with Crippen molar-refractivity contribution in [3.05, 3.63) is 12.7 Å². The van der Waals surface area contributed by atoms with Crippen LogP contribution in [0.2, 0.25) is 0 Å². The molecule has 1 aliphatic heterocycles. The van der Waals surface area contributed by atoms with E-state index in [1.54, 1.807) is 12.7 Å². The number of halogens is 1. The molecule has 2 heterocycles. The molecule has 0 aliphatic carbocycles.